The Morgan fingerprint density at radius 1 is 1.10 bits per heavy atom. The number of guanidine groups is 1. The molecule has 2 aromatic rings. The largest absolute Gasteiger partial charge is 0.372 e. The van der Waals surface area contributed by atoms with Gasteiger partial charge in [-0.1, -0.05) is 30.3 Å². The van der Waals surface area contributed by atoms with Crippen molar-refractivity contribution in [2.45, 2.75) is 32.2 Å². The Kier molecular flexibility index (Phi) is 6.21. The molecule has 0 radical (unpaired) electrons. The van der Waals surface area contributed by atoms with Crippen LogP contribution in [0.5, 0.6) is 0 Å². The van der Waals surface area contributed by atoms with Crippen LogP contribution in [-0.2, 0) is 11.2 Å². The normalized spacial score (nSPS) is 17.1. The molecular formula is C24H31N5O. The molecule has 2 N–H and O–H groups in total. The number of aliphatic imine (C=N–C) groups is 1. The standard InChI is InChI=1S/C24H31N5O/c1-18(20-9-7-10-21(16-20)28-13-5-6-14-28)27-24(25-2)26-17-23(30)29-15-12-19-8-3-4-11-22(19)29/h3-4,7-11,16,18H,5-6,12-15,17H2,1-2H3,(H2,25,26,27). The lowest BCUT2D eigenvalue weighted by Gasteiger charge is -2.23. The molecule has 2 aliphatic rings. The first-order valence-corrected chi connectivity index (χ1v) is 10.9. The molecule has 0 aromatic heterocycles. The van der Waals surface area contributed by atoms with E-state index in [9.17, 15) is 4.79 Å². The molecule has 0 aliphatic carbocycles. The molecular weight excluding hydrogens is 374 g/mol. The van der Waals surface area contributed by atoms with Crippen molar-refractivity contribution in [1.82, 2.24) is 10.6 Å². The maximum Gasteiger partial charge on any atom is 0.246 e. The van der Waals surface area contributed by atoms with Crippen LogP contribution in [0.1, 0.15) is 36.9 Å². The van der Waals surface area contributed by atoms with Gasteiger partial charge in [0.05, 0.1) is 12.6 Å². The summed E-state index contributed by atoms with van der Waals surface area (Å²) in [4.78, 5) is 21.4. The fourth-order valence-electron chi connectivity index (χ4n) is 4.30. The molecule has 158 valence electrons. The van der Waals surface area contributed by atoms with Gasteiger partial charge in [-0.2, -0.15) is 0 Å². The summed E-state index contributed by atoms with van der Waals surface area (Å²) in [7, 11) is 1.73. The highest BCUT2D eigenvalue weighted by Gasteiger charge is 2.24. The number of hydrogen-bond acceptors (Lipinski definition) is 3. The van der Waals surface area contributed by atoms with Gasteiger partial charge in [0, 0.05) is 38.1 Å². The van der Waals surface area contributed by atoms with Crippen molar-refractivity contribution in [2.75, 3.05) is 43.0 Å². The smallest absolute Gasteiger partial charge is 0.246 e. The minimum absolute atomic E-state index is 0.0617. The summed E-state index contributed by atoms with van der Waals surface area (Å²) in [6, 6.07) is 16.9. The summed E-state index contributed by atoms with van der Waals surface area (Å²) < 4.78 is 0. The summed E-state index contributed by atoms with van der Waals surface area (Å²) >= 11 is 0. The van der Waals surface area contributed by atoms with Crippen LogP contribution in [0, 0.1) is 0 Å². The molecule has 1 unspecified atom stereocenters. The Bertz CT molecular complexity index is 919. The van der Waals surface area contributed by atoms with Gasteiger partial charge < -0.3 is 20.4 Å². The minimum atomic E-state index is 0.0617. The van der Waals surface area contributed by atoms with Crippen molar-refractivity contribution in [3.63, 3.8) is 0 Å². The van der Waals surface area contributed by atoms with Crippen molar-refractivity contribution in [2.24, 2.45) is 4.99 Å². The van der Waals surface area contributed by atoms with Crippen molar-refractivity contribution >= 4 is 23.2 Å². The van der Waals surface area contributed by atoms with Crippen molar-refractivity contribution in [1.29, 1.82) is 0 Å². The van der Waals surface area contributed by atoms with Crippen LogP contribution in [0.15, 0.2) is 53.5 Å². The predicted octanol–water partition coefficient (Wildman–Crippen LogP) is 3.10. The zero-order valence-corrected chi connectivity index (χ0v) is 17.9. The molecule has 0 bridgehead atoms. The van der Waals surface area contributed by atoms with Crippen molar-refractivity contribution in [3.8, 4) is 0 Å². The molecule has 2 aliphatic heterocycles. The SMILES string of the molecule is CN=C(NCC(=O)N1CCc2ccccc21)NC(C)c1cccc(N2CCCC2)c1. The molecule has 0 saturated carbocycles. The van der Waals surface area contributed by atoms with E-state index in [2.05, 4.69) is 57.8 Å². The van der Waals surface area contributed by atoms with Crippen LogP contribution in [0.25, 0.3) is 0 Å². The van der Waals surface area contributed by atoms with Crippen LogP contribution in [0.2, 0.25) is 0 Å². The molecule has 1 fully saturated rings. The molecule has 30 heavy (non-hydrogen) atoms. The molecule has 1 amide bonds. The van der Waals surface area contributed by atoms with Gasteiger partial charge in [0.25, 0.3) is 0 Å². The molecule has 0 spiro atoms. The highest BCUT2D eigenvalue weighted by Crippen LogP contribution is 2.27. The Balaban J connectivity index is 1.34. The number of carbonyl (C=O) groups excluding carboxylic acids is 1. The van der Waals surface area contributed by atoms with Crippen LogP contribution in [0.3, 0.4) is 0 Å². The third-order valence-electron chi connectivity index (χ3n) is 6.01. The first-order valence-electron chi connectivity index (χ1n) is 10.9. The number of anilines is 2. The van der Waals surface area contributed by atoms with Gasteiger partial charge in [-0.05, 0) is 55.5 Å². The third kappa shape index (κ3) is 4.42. The Labute approximate surface area is 179 Å². The zero-order valence-electron chi connectivity index (χ0n) is 17.9. The summed E-state index contributed by atoms with van der Waals surface area (Å²) in [5, 5.41) is 6.60. The van der Waals surface area contributed by atoms with E-state index >= 15 is 0 Å². The molecule has 1 saturated heterocycles. The maximum atomic E-state index is 12.8. The first kappa shape index (κ1) is 20.3. The van der Waals surface area contributed by atoms with Gasteiger partial charge in [0.1, 0.15) is 0 Å². The number of nitrogens with zero attached hydrogens (tertiary/aromatic N) is 3. The monoisotopic (exact) mass is 405 g/mol. The number of para-hydroxylation sites is 1. The first-order chi connectivity index (χ1) is 14.7. The number of rotatable bonds is 5. The van der Waals surface area contributed by atoms with Gasteiger partial charge in [0.15, 0.2) is 5.96 Å². The second-order valence-electron chi connectivity index (χ2n) is 8.01. The number of fused-ring (bicyclic) bond motifs is 1. The summed E-state index contributed by atoms with van der Waals surface area (Å²) in [5.74, 6) is 0.696. The zero-order chi connectivity index (χ0) is 20.9. The molecule has 6 nitrogen and oxygen atoms in total. The lowest BCUT2D eigenvalue weighted by molar-refractivity contribution is -0.117. The van der Waals surface area contributed by atoms with E-state index in [0.717, 1.165) is 31.7 Å². The van der Waals surface area contributed by atoms with E-state index in [-0.39, 0.29) is 18.5 Å². The number of amides is 1. The molecule has 2 aromatic carbocycles. The van der Waals surface area contributed by atoms with Crippen molar-refractivity contribution < 1.29 is 4.79 Å². The lowest BCUT2D eigenvalue weighted by atomic mass is 10.1. The molecule has 1 atom stereocenters. The quantitative estimate of drug-likeness (QED) is 0.593. The van der Waals surface area contributed by atoms with Gasteiger partial charge in [-0.3, -0.25) is 9.79 Å². The number of nitrogens with one attached hydrogen (secondary N) is 2. The average Bonchev–Trinajstić information content (AvgIpc) is 3.46. The van der Waals surface area contributed by atoms with Crippen LogP contribution < -0.4 is 20.4 Å². The summed E-state index contributed by atoms with van der Waals surface area (Å²) in [5.41, 5.74) is 4.76. The highest BCUT2D eigenvalue weighted by atomic mass is 16.2. The number of benzene rings is 2. The average molecular weight is 406 g/mol. The van der Waals surface area contributed by atoms with E-state index in [1.54, 1.807) is 7.05 Å². The third-order valence-corrected chi connectivity index (χ3v) is 6.01. The number of hydrogen-bond donors (Lipinski definition) is 2. The second kappa shape index (κ2) is 9.20. The van der Waals surface area contributed by atoms with Crippen LogP contribution in [0.4, 0.5) is 11.4 Å². The lowest BCUT2D eigenvalue weighted by Crippen LogP contribution is -2.45. The molecule has 2 heterocycles. The minimum Gasteiger partial charge on any atom is -0.372 e. The van der Waals surface area contributed by atoms with Gasteiger partial charge >= 0.3 is 0 Å². The summed E-state index contributed by atoms with van der Waals surface area (Å²) in [6.07, 6.45) is 3.45. The molecule has 4 rings (SSSR count). The van der Waals surface area contributed by atoms with E-state index in [0.29, 0.717) is 5.96 Å². The van der Waals surface area contributed by atoms with Crippen LogP contribution in [-0.4, -0.2) is 45.1 Å². The Morgan fingerprint density at radius 3 is 2.70 bits per heavy atom. The van der Waals surface area contributed by atoms with E-state index < -0.39 is 0 Å². The van der Waals surface area contributed by atoms with E-state index in [1.807, 2.05) is 23.1 Å². The fraction of sp³-hybridized carbons (Fsp3) is 0.417. The van der Waals surface area contributed by atoms with Gasteiger partial charge in [0.2, 0.25) is 5.91 Å². The predicted molar refractivity (Wildman–Crippen MR) is 123 cm³/mol. The summed E-state index contributed by atoms with van der Waals surface area (Å²) in [6.45, 7) is 5.35. The van der Waals surface area contributed by atoms with E-state index in [4.69, 9.17) is 0 Å². The fourth-order valence-corrected chi connectivity index (χ4v) is 4.30. The van der Waals surface area contributed by atoms with Crippen molar-refractivity contribution in [3.05, 3.63) is 59.7 Å². The van der Waals surface area contributed by atoms with Crippen LogP contribution >= 0.6 is 0 Å². The highest BCUT2D eigenvalue weighted by molar-refractivity contribution is 5.98. The second-order valence-corrected chi connectivity index (χ2v) is 8.01. The Hall–Kier alpha value is -3.02. The topological polar surface area (TPSA) is 60.0 Å². The number of carbonyl (C=O) groups is 1. The maximum absolute atomic E-state index is 12.8. The molecule has 6 heteroatoms. The Morgan fingerprint density at radius 2 is 1.90 bits per heavy atom. The van der Waals surface area contributed by atoms with Gasteiger partial charge in [-0.15, -0.1) is 0 Å². The van der Waals surface area contributed by atoms with Gasteiger partial charge in [-0.25, -0.2) is 0 Å². The van der Waals surface area contributed by atoms with E-state index in [1.165, 1.54) is 29.7 Å².